The van der Waals surface area contributed by atoms with E-state index in [1.54, 1.807) is 0 Å². The Hall–Kier alpha value is -0.830. The monoisotopic (exact) mass is 198 g/mol. The number of nitrogens with one attached hydrogen (secondary N) is 1. The number of allylic oxidation sites excluding steroid dienone is 3. The molecular weight excluding hydrogens is 179 g/mol. The number of rotatable bonds is 3. The average Bonchev–Trinajstić information content (AvgIpc) is 2.26. The molecule has 0 atom stereocenters. The molecule has 0 saturated carbocycles. The Labute approximate surface area is 85.5 Å². The second-order valence-electron chi connectivity index (χ2n) is 3.38. The van der Waals surface area contributed by atoms with E-state index in [1.807, 2.05) is 26.0 Å². The molecule has 0 spiro atoms. The lowest BCUT2D eigenvalue weighted by Gasteiger charge is -2.30. The van der Waals surface area contributed by atoms with Gasteiger partial charge in [-0.2, -0.15) is 0 Å². The van der Waals surface area contributed by atoms with Crippen molar-refractivity contribution in [2.45, 2.75) is 20.3 Å². The zero-order chi connectivity index (χ0) is 10.4. The van der Waals surface area contributed by atoms with Crippen molar-refractivity contribution in [3.05, 3.63) is 23.7 Å². The van der Waals surface area contributed by atoms with Gasteiger partial charge in [-0.3, -0.25) is 0 Å². The minimum Gasteiger partial charge on any atom is -0.367 e. The number of hydrogen-bond donors (Lipinski definition) is 1. The summed E-state index contributed by atoms with van der Waals surface area (Å²) in [6.45, 7) is 7.45. The van der Waals surface area contributed by atoms with Crippen molar-refractivity contribution >= 4 is 0 Å². The molecule has 1 aliphatic heterocycles. The van der Waals surface area contributed by atoms with Crippen LogP contribution in [0.4, 0.5) is 4.39 Å². The maximum absolute atomic E-state index is 13.5. The van der Waals surface area contributed by atoms with E-state index >= 15 is 0 Å². The maximum Gasteiger partial charge on any atom is 0.123 e. The third-order valence-electron chi connectivity index (χ3n) is 2.37. The minimum absolute atomic E-state index is 0.00926. The zero-order valence-electron chi connectivity index (χ0n) is 9.02. The molecule has 0 aromatic heterocycles. The number of hydrogen-bond acceptors (Lipinski definition) is 2. The van der Waals surface area contributed by atoms with Gasteiger partial charge in [0.2, 0.25) is 0 Å². The summed E-state index contributed by atoms with van der Waals surface area (Å²) in [5, 5.41) is 3.26. The Morgan fingerprint density at radius 2 is 2.07 bits per heavy atom. The average molecular weight is 198 g/mol. The molecule has 1 saturated heterocycles. The smallest absolute Gasteiger partial charge is 0.123 e. The first-order valence-electron chi connectivity index (χ1n) is 5.26. The fraction of sp³-hybridized carbons (Fsp3) is 0.636. The highest BCUT2D eigenvalue weighted by Gasteiger charge is 2.14. The molecule has 1 N–H and O–H groups in total. The molecule has 0 amide bonds. The highest BCUT2D eigenvalue weighted by Crippen LogP contribution is 2.16. The van der Waals surface area contributed by atoms with Crippen LogP contribution in [-0.2, 0) is 0 Å². The lowest BCUT2D eigenvalue weighted by Crippen LogP contribution is -2.42. The van der Waals surface area contributed by atoms with Gasteiger partial charge in [0, 0.05) is 26.2 Å². The molecule has 0 radical (unpaired) electrons. The van der Waals surface area contributed by atoms with Crippen LogP contribution < -0.4 is 5.32 Å². The first kappa shape index (κ1) is 11.2. The van der Waals surface area contributed by atoms with Crippen LogP contribution in [0.15, 0.2) is 23.7 Å². The zero-order valence-corrected chi connectivity index (χ0v) is 9.02. The molecule has 3 heteroatoms. The van der Waals surface area contributed by atoms with E-state index < -0.39 is 0 Å². The third-order valence-corrected chi connectivity index (χ3v) is 2.37. The van der Waals surface area contributed by atoms with E-state index in [-0.39, 0.29) is 5.83 Å². The van der Waals surface area contributed by atoms with Crippen molar-refractivity contribution in [1.29, 1.82) is 0 Å². The van der Waals surface area contributed by atoms with Gasteiger partial charge in [-0.1, -0.05) is 13.0 Å². The number of nitrogens with zero attached hydrogens (tertiary/aromatic N) is 1. The van der Waals surface area contributed by atoms with E-state index in [2.05, 4.69) is 10.2 Å². The third kappa shape index (κ3) is 2.84. The van der Waals surface area contributed by atoms with E-state index in [0.29, 0.717) is 6.42 Å². The highest BCUT2D eigenvalue weighted by molar-refractivity contribution is 5.21. The molecular formula is C11H19FN2. The molecule has 0 aromatic rings. The fourth-order valence-corrected chi connectivity index (χ4v) is 1.61. The molecule has 0 aromatic carbocycles. The summed E-state index contributed by atoms with van der Waals surface area (Å²) >= 11 is 0. The largest absolute Gasteiger partial charge is 0.367 e. The standard InChI is InChI=1S/C11H19FN2/c1-3-5-11(10(12)4-2)14-8-6-13-7-9-14/h3,5,13H,4,6-9H2,1-2H3/b5-3-,11-10-. The van der Waals surface area contributed by atoms with Crippen LogP contribution in [0.3, 0.4) is 0 Å². The lowest BCUT2D eigenvalue weighted by molar-refractivity contribution is 0.296. The second-order valence-corrected chi connectivity index (χ2v) is 3.38. The molecule has 1 heterocycles. The molecule has 80 valence electrons. The summed E-state index contributed by atoms with van der Waals surface area (Å²) < 4.78 is 13.5. The van der Waals surface area contributed by atoms with Crippen molar-refractivity contribution in [2.24, 2.45) is 0 Å². The molecule has 14 heavy (non-hydrogen) atoms. The fourth-order valence-electron chi connectivity index (χ4n) is 1.61. The van der Waals surface area contributed by atoms with Crippen molar-refractivity contribution in [3.63, 3.8) is 0 Å². The minimum atomic E-state index is -0.00926. The molecule has 1 rings (SSSR count). The van der Waals surface area contributed by atoms with Crippen molar-refractivity contribution in [1.82, 2.24) is 10.2 Å². The summed E-state index contributed by atoms with van der Waals surface area (Å²) in [4.78, 5) is 2.11. The Morgan fingerprint density at radius 1 is 1.43 bits per heavy atom. The van der Waals surface area contributed by atoms with Gasteiger partial charge < -0.3 is 10.2 Å². The van der Waals surface area contributed by atoms with Crippen LogP contribution >= 0.6 is 0 Å². The van der Waals surface area contributed by atoms with E-state index in [0.717, 1.165) is 31.9 Å². The quantitative estimate of drug-likeness (QED) is 0.698. The predicted octanol–water partition coefficient (Wildman–Crippen LogP) is 2.06. The van der Waals surface area contributed by atoms with Gasteiger partial charge in [-0.25, -0.2) is 4.39 Å². The summed E-state index contributed by atoms with van der Waals surface area (Å²) in [6.07, 6.45) is 4.24. The summed E-state index contributed by atoms with van der Waals surface area (Å²) in [5.74, 6) is -0.00926. The van der Waals surface area contributed by atoms with Gasteiger partial charge in [-0.05, 0) is 19.4 Å². The van der Waals surface area contributed by atoms with Gasteiger partial charge in [0.1, 0.15) is 5.83 Å². The lowest BCUT2D eigenvalue weighted by atomic mass is 10.2. The van der Waals surface area contributed by atoms with Crippen molar-refractivity contribution < 1.29 is 4.39 Å². The van der Waals surface area contributed by atoms with Crippen LogP contribution in [0.25, 0.3) is 0 Å². The van der Waals surface area contributed by atoms with E-state index in [1.165, 1.54) is 0 Å². The first-order chi connectivity index (χ1) is 6.79. The molecule has 0 aliphatic carbocycles. The van der Waals surface area contributed by atoms with Crippen LogP contribution in [0.2, 0.25) is 0 Å². The predicted molar refractivity (Wildman–Crippen MR) is 57.7 cm³/mol. The SMILES string of the molecule is C/C=C\C(=C(\F)CC)N1CCNCC1. The Kier molecular flexibility index (Phi) is 4.66. The van der Waals surface area contributed by atoms with Crippen molar-refractivity contribution in [2.75, 3.05) is 26.2 Å². The summed E-state index contributed by atoms with van der Waals surface area (Å²) in [7, 11) is 0. The number of piperazine rings is 1. The Bertz CT molecular complexity index is 227. The Balaban J connectivity index is 2.75. The van der Waals surface area contributed by atoms with E-state index in [4.69, 9.17) is 0 Å². The van der Waals surface area contributed by atoms with E-state index in [9.17, 15) is 4.39 Å². The maximum atomic E-state index is 13.5. The summed E-state index contributed by atoms with van der Waals surface area (Å²) in [5.41, 5.74) is 0.761. The normalized spacial score (nSPS) is 20.1. The van der Waals surface area contributed by atoms with Gasteiger partial charge >= 0.3 is 0 Å². The molecule has 2 nitrogen and oxygen atoms in total. The molecule has 1 aliphatic rings. The molecule has 0 bridgehead atoms. The van der Waals surface area contributed by atoms with Crippen LogP contribution in [-0.4, -0.2) is 31.1 Å². The van der Waals surface area contributed by atoms with Gasteiger partial charge in [0.15, 0.2) is 0 Å². The van der Waals surface area contributed by atoms with Crippen LogP contribution in [0.5, 0.6) is 0 Å². The van der Waals surface area contributed by atoms with Crippen LogP contribution in [0.1, 0.15) is 20.3 Å². The molecule has 0 unspecified atom stereocenters. The van der Waals surface area contributed by atoms with Crippen molar-refractivity contribution in [3.8, 4) is 0 Å². The summed E-state index contributed by atoms with van der Waals surface area (Å²) in [6, 6.07) is 0. The van der Waals surface area contributed by atoms with Gasteiger partial charge in [0.05, 0.1) is 5.70 Å². The molecule has 1 fully saturated rings. The second kappa shape index (κ2) is 5.81. The highest BCUT2D eigenvalue weighted by atomic mass is 19.1. The number of halogens is 1. The first-order valence-corrected chi connectivity index (χ1v) is 5.26. The van der Waals surface area contributed by atoms with Gasteiger partial charge in [-0.15, -0.1) is 0 Å². The topological polar surface area (TPSA) is 15.3 Å². The Morgan fingerprint density at radius 3 is 2.57 bits per heavy atom. The van der Waals surface area contributed by atoms with Gasteiger partial charge in [0.25, 0.3) is 0 Å². The van der Waals surface area contributed by atoms with Crippen LogP contribution in [0, 0.1) is 0 Å².